The number of carbonyl (C=O) groups excluding carboxylic acids is 1. The van der Waals surface area contributed by atoms with Gasteiger partial charge in [-0.05, 0) is 35.2 Å². The molecule has 0 saturated heterocycles. The molecule has 1 amide bonds. The Morgan fingerprint density at radius 1 is 1.19 bits per heavy atom. The Morgan fingerprint density at radius 2 is 1.86 bits per heavy atom. The van der Waals surface area contributed by atoms with Gasteiger partial charge in [0.05, 0.1) is 5.56 Å². The molecule has 0 aliphatic carbocycles. The molecule has 21 heavy (non-hydrogen) atoms. The van der Waals surface area contributed by atoms with Gasteiger partial charge in [0.25, 0.3) is 5.91 Å². The van der Waals surface area contributed by atoms with Crippen molar-refractivity contribution in [2.75, 3.05) is 0 Å². The number of hydrogen-bond donors (Lipinski definition) is 2. The van der Waals surface area contributed by atoms with E-state index in [1.165, 1.54) is 17.7 Å². The van der Waals surface area contributed by atoms with Crippen LogP contribution >= 0.6 is 11.6 Å². The number of nitrogens with one attached hydrogen (secondary N) is 1. The van der Waals surface area contributed by atoms with Crippen molar-refractivity contribution < 1.29 is 9.90 Å². The summed E-state index contributed by atoms with van der Waals surface area (Å²) >= 11 is 5.74. The molecule has 2 N–H and O–H groups in total. The fourth-order valence-corrected chi connectivity index (χ4v) is 2.16. The Balaban J connectivity index is 2.00. The van der Waals surface area contributed by atoms with Gasteiger partial charge < -0.3 is 10.4 Å². The maximum Gasteiger partial charge on any atom is 0.255 e. The van der Waals surface area contributed by atoms with Crippen LogP contribution in [0.15, 0.2) is 42.5 Å². The Kier molecular flexibility index (Phi) is 4.86. The molecule has 0 spiro atoms. The molecule has 0 aliphatic heterocycles. The van der Waals surface area contributed by atoms with Gasteiger partial charge in [-0.2, -0.15) is 0 Å². The zero-order chi connectivity index (χ0) is 15.4. The molecular weight excluding hydrogens is 286 g/mol. The second-order valence-corrected chi connectivity index (χ2v) is 5.68. The first-order valence-electron chi connectivity index (χ1n) is 6.83. The molecule has 0 saturated carbocycles. The van der Waals surface area contributed by atoms with Crippen LogP contribution in [0.4, 0.5) is 0 Å². The molecule has 0 aromatic heterocycles. The normalized spacial score (nSPS) is 10.7. The Labute approximate surface area is 129 Å². The molecule has 2 aromatic carbocycles. The standard InChI is InChI=1S/C17H18ClNO2/c1-11(2)13-5-3-12(4-6-13)10-19-17(21)15-8-7-14(18)9-16(15)20/h3-9,11,20H,10H2,1-2H3,(H,19,21). The van der Waals surface area contributed by atoms with Gasteiger partial charge >= 0.3 is 0 Å². The van der Waals surface area contributed by atoms with Crippen molar-refractivity contribution in [3.8, 4) is 5.75 Å². The van der Waals surface area contributed by atoms with Crippen molar-refractivity contribution in [2.24, 2.45) is 0 Å². The summed E-state index contributed by atoms with van der Waals surface area (Å²) in [6, 6.07) is 12.6. The smallest absolute Gasteiger partial charge is 0.255 e. The van der Waals surface area contributed by atoms with Gasteiger partial charge in [0.15, 0.2) is 0 Å². The zero-order valence-corrected chi connectivity index (χ0v) is 12.8. The second-order valence-electron chi connectivity index (χ2n) is 5.24. The lowest BCUT2D eigenvalue weighted by atomic mass is 10.0. The summed E-state index contributed by atoms with van der Waals surface area (Å²) < 4.78 is 0. The minimum atomic E-state index is -0.322. The number of phenolic OH excluding ortho intramolecular Hbond substituents is 1. The Bertz CT molecular complexity index is 636. The number of hydrogen-bond acceptors (Lipinski definition) is 2. The number of aromatic hydroxyl groups is 1. The van der Waals surface area contributed by atoms with Gasteiger partial charge in [0.1, 0.15) is 5.75 Å². The van der Waals surface area contributed by atoms with Crippen molar-refractivity contribution in [3.05, 3.63) is 64.2 Å². The Morgan fingerprint density at radius 3 is 2.43 bits per heavy atom. The van der Waals surface area contributed by atoms with Crippen molar-refractivity contribution >= 4 is 17.5 Å². The zero-order valence-electron chi connectivity index (χ0n) is 12.1. The monoisotopic (exact) mass is 303 g/mol. The summed E-state index contributed by atoms with van der Waals surface area (Å²) in [6.45, 7) is 4.69. The summed E-state index contributed by atoms with van der Waals surface area (Å²) in [5.74, 6) is 0.0481. The first-order chi connectivity index (χ1) is 9.97. The molecule has 0 aliphatic rings. The summed E-state index contributed by atoms with van der Waals surface area (Å²) in [6.07, 6.45) is 0. The highest BCUT2D eigenvalue weighted by atomic mass is 35.5. The topological polar surface area (TPSA) is 49.3 Å². The second kappa shape index (κ2) is 6.64. The molecular formula is C17H18ClNO2. The molecule has 0 unspecified atom stereocenters. The number of halogens is 1. The molecule has 0 atom stereocenters. The lowest BCUT2D eigenvalue weighted by Crippen LogP contribution is -2.22. The van der Waals surface area contributed by atoms with Gasteiger partial charge in [-0.25, -0.2) is 0 Å². The van der Waals surface area contributed by atoms with Crippen molar-refractivity contribution in [2.45, 2.75) is 26.3 Å². The Hall–Kier alpha value is -2.00. The molecule has 3 nitrogen and oxygen atoms in total. The number of phenols is 1. The highest BCUT2D eigenvalue weighted by Gasteiger charge is 2.11. The van der Waals surface area contributed by atoms with E-state index in [-0.39, 0.29) is 17.2 Å². The lowest BCUT2D eigenvalue weighted by molar-refractivity contribution is 0.0948. The quantitative estimate of drug-likeness (QED) is 0.893. The SMILES string of the molecule is CC(C)c1ccc(CNC(=O)c2ccc(Cl)cc2O)cc1. The van der Waals surface area contributed by atoms with Crippen LogP contribution in [0, 0.1) is 0 Å². The van der Waals surface area contributed by atoms with Gasteiger partial charge in [-0.3, -0.25) is 4.79 Å². The van der Waals surface area contributed by atoms with Crippen LogP contribution in [-0.2, 0) is 6.54 Å². The van der Waals surface area contributed by atoms with Gasteiger partial charge in [0, 0.05) is 11.6 Å². The van der Waals surface area contributed by atoms with Crippen LogP contribution < -0.4 is 5.32 Å². The average molecular weight is 304 g/mol. The van der Waals surface area contributed by atoms with Crippen molar-refractivity contribution in [1.82, 2.24) is 5.32 Å². The third-order valence-electron chi connectivity index (χ3n) is 3.30. The molecule has 0 radical (unpaired) electrons. The van der Waals surface area contributed by atoms with Crippen LogP contribution in [0.2, 0.25) is 5.02 Å². The van der Waals surface area contributed by atoms with E-state index in [4.69, 9.17) is 11.6 Å². The minimum absolute atomic E-state index is 0.116. The molecule has 110 valence electrons. The van der Waals surface area contributed by atoms with E-state index in [1.807, 2.05) is 12.1 Å². The number of rotatable bonds is 4. The third-order valence-corrected chi connectivity index (χ3v) is 3.54. The molecule has 0 heterocycles. The van der Waals surface area contributed by atoms with Gasteiger partial charge in [-0.1, -0.05) is 49.7 Å². The fourth-order valence-electron chi connectivity index (χ4n) is 1.99. The van der Waals surface area contributed by atoms with Gasteiger partial charge in [0.2, 0.25) is 0 Å². The van der Waals surface area contributed by atoms with Crippen LogP contribution in [0.5, 0.6) is 5.75 Å². The molecule has 0 bridgehead atoms. The molecule has 0 fully saturated rings. The first-order valence-corrected chi connectivity index (χ1v) is 7.20. The van der Waals surface area contributed by atoms with Crippen LogP contribution in [0.25, 0.3) is 0 Å². The number of amides is 1. The van der Waals surface area contributed by atoms with E-state index >= 15 is 0 Å². The van der Waals surface area contributed by atoms with E-state index in [9.17, 15) is 9.90 Å². The maximum atomic E-state index is 12.0. The third kappa shape index (κ3) is 3.99. The summed E-state index contributed by atoms with van der Waals surface area (Å²) in [4.78, 5) is 12.0. The summed E-state index contributed by atoms with van der Waals surface area (Å²) in [7, 11) is 0. The van der Waals surface area contributed by atoms with Crippen LogP contribution in [0.1, 0.15) is 41.3 Å². The molecule has 2 aromatic rings. The summed E-state index contributed by atoms with van der Waals surface area (Å²) in [5, 5.41) is 12.9. The van der Waals surface area contributed by atoms with E-state index in [2.05, 4.69) is 31.3 Å². The minimum Gasteiger partial charge on any atom is -0.507 e. The predicted molar refractivity (Wildman–Crippen MR) is 84.8 cm³/mol. The highest BCUT2D eigenvalue weighted by Crippen LogP contribution is 2.22. The number of carbonyl (C=O) groups is 1. The largest absolute Gasteiger partial charge is 0.507 e. The van der Waals surface area contributed by atoms with Crippen LogP contribution in [-0.4, -0.2) is 11.0 Å². The van der Waals surface area contributed by atoms with E-state index in [1.54, 1.807) is 6.07 Å². The highest BCUT2D eigenvalue weighted by molar-refractivity contribution is 6.30. The van der Waals surface area contributed by atoms with Crippen molar-refractivity contribution in [3.63, 3.8) is 0 Å². The average Bonchev–Trinajstić information content (AvgIpc) is 2.45. The fraction of sp³-hybridized carbons (Fsp3) is 0.235. The first kappa shape index (κ1) is 15.4. The van der Waals surface area contributed by atoms with Crippen LogP contribution in [0.3, 0.4) is 0 Å². The van der Waals surface area contributed by atoms with E-state index in [0.717, 1.165) is 5.56 Å². The molecule has 2 rings (SSSR count). The van der Waals surface area contributed by atoms with Crippen molar-refractivity contribution in [1.29, 1.82) is 0 Å². The van der Waals surface area contributed by atoms with E-state index < -0.39 is 0 Å². The molecule has 4 heteroatoms. The van der Waals surface area contributed by atoms with Gasteiger partial charge in [-0.15, -0.1) is 0 Å². The predicted octanol–water partition coefficient (Wildman–Crippen LogP) is 4.10. The summed E-state index contributed by atoms with van der Waals surface area (Å²) in [5.41, 5.74) is 2.50. The van der Waals surface area contributed by atoms with E-state index in [0.29, 0.717) is 17.5 Å². The number of benzene rings is 2. The maximum absolute atomic E-state index is 12.0. The lowest BCUT2D eigenvalue weighted by Gasteiger charge is -2.09.